The fourth-order valence-corrected chi connectivity index (χ4v) is 2.22. The number of amides is 5. The summed E-state index contributed by atoms with van der Waals surface area (Å²) in [4.78, 5) is 49.2. The van der Waals surface area contributed by atoms with Crippen LogP contribution in [-0.2, 0) is 14.4 Å². The van der Waals surface area contributed by atoms with Gasteiger partial charge in [-0.1, -0.05) is 25.4 Å². The first kappa shape index (κ1) is 17.0. The number of hydrogen-bond donors (Lipinski definition) is 1. The van der Waals surface area contributed by atoms with E-state index in [-0.39, 0.29) is 12.5 Å². The van der Waals surface area contributed by atoms with Crippen LogP contribution in [0, 0.1) is 5.92 Å². The quantitative estimate of drug-likeness (QED) is 0.654. The Kier molecular flexibility index (Phi) is 5.00. The molecule has 0 bridgehead atoms. The van der Waals surface area contributed by atoms with Gasteiger partial charge in [-0.25, -0.2) is 9.69 Å². The maximum atomic E-state index is 12.1. The molecule has 122 valence electrons. The Morgan fingerprint density at radius 1 is 1.09 bits per heavy atom. The third-order valence-electron chi connectivity index (χ3n) is 3.11. The molecule has 1 aliphatic rings. The summed E-state index contributed by atoms with van der Waals surface area (Å²) in [6, 6.07) is 5.60. The molecule has 2 rings (SSSR count). The molecule has 1 heterocycles. The second-order valence-corrected chi connectivity index (χ2v) is 5.97. The lowest BCUT2D eigenvalue weighted by Gasteiger charge is -2.16. The summed E-state index contributed by atoms with van der Waals surface area (Å²) < 4.78 is 0. The molecule has 1 saturated heterocycles. The lowest BCUT2D eigenvalue weighted by Crippen LogP contribution is -2.39. The van der Waals surface area contributed by atoms with E-state index in [1.807, 2.05) is 13.8 Å². The van der Waals surface area contributed by atoms with Crippen molar-refractivity contribution in [3.05, 3.63) is 29.3 Å². The van der Waals surface area contributed by atoms with Crippen LogP contribution in [0.4, 0.5) is 10.5 Å². The minimum Gasteiger partial charge on any atom is -0.325 e. The highest BCUT2D eigenvalue weighted by Crippen LogP contribution is 2.16. The van der Waals surface area contributed by atoms with E-state index in [1.165, 1.54) is 0 Å². The molecule has 0 aromatic heterocycles. The summed E-state index contributed by atoms with van der Waals surface area (Å²) >= 11 is 5.74. The molecule has 8 heteroatoms. The van der Waals surface area contributed by atoms with E-state index in [4.69, 9.17) is 11.6 Å². The molecule has 7 nitrogen and oxygen atoms in total. The fourth-order valence-electron chi connectivity index (χ4n) is 2.09. The smallest absolute Gasteiger partial charge is 0.325 e. The molecule has 0 atom stereocenters. The number of rotatable bonds is 5. The third-order valence-corrected chi connectivity index (χ3v) is 3.36. The van der Waals surface area contributed by atoms with Gasteiger partial charge in [-0.05, 0) is 30.2 Å². The zero-order valence-electron chi connectivity index (χ0n) is 12.7. The zero-order valence-corrected chi connectivity index (χ0v) is 13.5. The SMILES string of the molecule is CC(C)CN1C(=O)C(=O)N(CC(=O)Nc2ccc(Cl)cc2)C1=O. The molecule has 5 amide bonds. The Balaban J connectivity index is 2.02. The van der Waals surface area contributed by atoms with E-state index in [9.17, 15) is 19.2 Å². The minimum absolute atomic E-state index is 0.0264. The van der Waals surface area contributed by atoms with Crippen LogP contribution in [0.1, 0.15) is 13.8 Å². The average Bonchev–Trinajstić information content (AvgIpc) is 2.67. The van der Waals surface area contributed by atoms with Crippen LogP contribution in [0.15, 0.2) is 24.3 Å². The highest BCUT2D eigenvalue weighted by molar-refractivity contribution is 6.45. The van der Waals surface area contributed by atoms with Crippen molar-refractivity contribution in [1.29, 1.82) is 0 Å². The first-order valence-corrected chi connectivity index (χ1v) is 7.40. The molecular weight excluding hydrogens is 322 g/mol. The normalized spacial score (nSPS) is 14.9. The van der Waals surface area contributed by atoms with E-state index >= 15 is 0 Å². The van der Waals surface area contributed by atoms with Gasteiger partial charge in [0.2, 0.25) is 5.91 Å². The van der Waals surface area contributed by atoms with Gasteiger partial charge in [0.15, 0.2) is 0 Å². The number of anilines is 1. The van der Waals surface area contributed by atoms with Gasteiger partial charge in [0, 0.05) is 17.3 Å². The number of halogens is 1. The Bertz CT molecular complexity index is 657. The number of carbonyl (C=O) groups is 4. The highest BCUT2D eigenvalue weighted by atomic mass is 35.5. The second-order valence-electron chi connectivity index (χ2n) is 5.54. The van der Waals surface area contributed by atoms with E-state index in [2.05, 4.69) is 5.32 Å². The molecule has 0 aliphatic carbocycles. The number of hydrogen-bond acceptors (Lipinski definition) is 4. The van der Waals surface area contributed by atoms with Crippen molar-refractivity contribution in [2.24, 2.45) is 5.92 Å². The topological polar surface area (TPSA) is 86.8 Å². The fraction of sp³-hybridized carbons (Fsp3) is 0.333. The van der Waals surface area contributed by atoms with Gasteiger partial charge >= 0.3 is 17.8 Å². The molecule has 0 saturated carbocycles. The standard InChI is InChI=1S/C15H16ClN3O4/c1-9(2)7-18-13(21)14(22)19(15(18)23)8-12(20)17-11-5-3-10(16)4-6-11/h3-6,9H,7-8H2,1-2H3,(H,17,20). The average molecular weight is 338 g/mol. The van der Waals surface area contributed by atoms with Crippen molar-refractivity contribution in [3.8, 4) is 0 Å². The zero-order chi connectivity index (χ0) is 17.1. The minimum atomic E-state index is -0.984. The molecule has 0 radical (unpaired) electrons. The van der Waals surface area contributed by atoms with E-state index in [0.717, 1.165) is 4.90 Å². The summed E-state index contributed by atoms with van der Waals surface area (Å²) in [5.74, 6) is -2.43. The van der Waals surface area contributed by atoms with Crippen LogP contribution in [0.2, 0.25) is 5.02 Å². The van der Waals surface area contributed by atoms with E-state index in [0.29, 0.717) is 15.6 Å². The Morgan fingerprint density at radius 2 is 1.65 bits per heavy atom. The molecular formula is C15H16ClN3O4. The number of urea groups is 1. The van der Waals surface area contributed by atoms with Crippen molar-refractivity contribution in [1.82, 2.24) is 9.80 Å². The monoisotopic (exact) mass is 337 g/mol. The molecule has 1 fully saturated rings. The Hall–Kier alpha value is -2.41. The van der Waals surface area contributed by atoms with Crippen molar-refractivity contribution in [3.63, 3.8) is 0 Å². The maximum Gasteiger partial charge on any atom is 0.334 e. The summed E-state index contributed by atoms with van der Waals surface area (Å²) in [6.45, 7) is 3.27. The number of nitrogens with zero attached hydrogens (tertiary/aromatic N) is 2. The molecule has 1 aromatic carbocycles. The van der Waals surface area contributed by atoms with E-state index in [1.54, 1.807) is 24.3 Å². The molecule has 1 N–H and O–H groups in total. The molecule has 23 heavy (non-hydrogen) atoms. The molecule has 0 spiro atoms. The first-order chi connectivity index (χ1) is 10.8. The van der Waals surface area contributed by atoms with Gasteiger partial charge in [-0.3, -0.25) is 19.3 Å². The lowest BCUT2D eigenvalue weighted by atomic mass is 10.2. The number of carbonyl (C=O) groups excluding carboxylic acids is 4. The van der Waals surface area contributed by atoms with Gasteiger partial charge in [0.05, 0.1) is 0 Å². The van der Waals surface area contributed by atoms with Crippen molar-refractivity contribution in [2.45, 2.75) is 13.8 Å². The second kappa shape index (κ2) is 6.78. The third kappa shape index (κ3) is 3.87. The number of nitrogens with one attached hydrogen (secondary N) is 1. The lowest BCUT2D eigenvalue weighted by molar-refractivity contribution is -0.143. The molecule has 1 aromatic rings. The van der Waals surface area contributed by atoms with Gasteiger partial charge < -0.3 is 5.32 Å². The number of imide groups is 2. The van der Waals surface area contributed by atoms with Crippen LogP contribution in [0.25, 0.3) is 0 Å². The van der Waals surface area contributed by atoms with Crippen molar-refractivity contribution in [2.75, 3.05) is 18.4 Å². The summed E-state index contributed by atoms with van der Waals surface area (Å²) in [5, 5.41) is 3.05. The van der Waals surface area contributed by atoms with Crippen LogP contribution in [0.5, 0.6) is 0 Å². The highest BCUT2D eigenvalue weighted by Gasteiger charge is 2.45. The Labute approximate surface area is 138 Å². The van der Waals surface area contributed by atoms with Crippen molar-refractivity contribution < 1.29 is 19.2 Å². The van der Waals surface area contributed by atoms with Crippen LogP contribution in [-0.4, -0.2) is 46.6 Å². The molecule has 1 aliphatic heterocycles. The van der Waals surface area contributed by atoms with Gasteiger partial charge in [0.1, 0.15) is 6.54 Å². The largest absolute Gasteiger partial charge is 0.334 e. The maximum absolute atomic E-state index is 12.1. The summed E-state index contributed by atoms with van der Waals surface area (Å²) in [6.07, 6.45) is 0. The first-order valence-electron chi connectivity index (χ1n) is 7.02. The predicted molar refractivity (Wildman–Crippen MR) is 83.7 cm³/mol. The van der Waals surface area contributed by atoms with Crippen LogP contribution < -0.4 is 5.32 Å². The summed E-state index contributed by atoms with van der Waals surface area (Å²) in [5.41, 5.74) is 0.476. The van der Waals surface area contributed by atoms with Gasteiger partial charge in [-0.15, -0.1) is 0 Å². The summed E-state index contributed by atoms with van der Waals surface area (Å²) in [7, 11) is 0. The predicted octanol–water partition coefficient (Wildman–Crippen LogP) is 1.73. The van der Waals surface area contributed by atoms with Gasteiger partial charge in [-0.2, -0.15) is 0 Å². The number of benzene rings is 1. The van der Waals surface area contributed by atoms with E-state index < -0.39 is 30.3 Å². The molecule has 0 unspecified atom stereocenters. The van der Waals surface area contributed by atoms with Crippen LogP contribution in [0.3, 0.4) is 0 Å². The van der Waals surface area contributed by atoms with Crippen LogP contribution >= 0.6 is 11.6 Å². The Morgan fingerprint density at radius 3 is 2.22 bits per heavy atom. The van der Waals surface area contributed by atoms with Crippen molar-refractivity contribution >= 4 is 41.0 Å². The van der Waals surface area contributed by atoms with Gasteiger partial charge in [0.25, 0.3) is 0 Å².